The van der Waals surface area contributed by atoms with Crippen LogP contribution in [-0.2, 0) is 0 Å². The first-order valence-electron chi connectivity index (χ1n) is 4.14. The molecular formula is C10H9Cl3O2. The van der Waals surface area contributed by atoms with Crippen LogP contribution in [0.15, 0.2) is 22.7 Å². The molecule has 1 N–H and O–H groups in total. The third-order valence-electron chi connectivity index (χ3n) is 1.76. The molecule has 1 aromatic rings. The van der Waals surface area contributed by atoms with Gasteiger partial charge in [0, 0.05) is 0 Å². The fourth-order valence-electron chi connectivity index (χ4n) is 0.949. The zero-order chi connectivity index (χ0) is 11.4. The van der Waals surface area contributed by atoms with Crippen molar-refractivity contribution in [3.8, 4) is 11.5 Å². The van der Waals surface area contributed by atoms with E-state index in [1.165, 1.54) is 6.08 Å². The molecule has 2 nitrogen and oxygen atoms in total. The molecule has 0 spiro atoms. The van der Waals surface area contributed by atoms with Crippen LogP contribution in [0.2, 0.25) is 5.02 Å². The molecule has 5 heteroatoms. The van der Waals surface area contributed by atoms with Crippen molar-refractivity contribution in [2.24, 2.45) is 0 Å². The van der Waals surface area contributed by atoms with Gasteiger partial charge in [-0.05, 0) is 24.6 Å². The van der Waals surface area contributed by atoms with Gasteiger partial charge in [0.15, 0.2) is 0 Å². The molecule has 0 saturated heterocycles. The highest BCUT2D eigenvalue weighted by Crippen LogP contribution is 2.35. The summed E-state index contributed by atoms with van der Waals surface area (Å²) in [6.07, 6.45) is 1.48. The van der Waals surface area contributed by atoms with Gasteiger partial charge in [-0.1, -0.05) is 40.9 Å². The second-order valence-corrected chi connectivity index (χ2v) is 4.23. The molecule has 82 valence electrons. The van der Waals surface area contributed by atoms with Gasteiger partial charge in [0.2, 0.25) is 0 Å². The van der Waals surface area contributed by atoms with Crippen molar-refractivity contribution in [3.05, 3.63) is 33.3 Å². The van der Waals surface area contributed by atoms with E-state index in [4.69, 9.17) is 39.5 Å². The summed E-state index contributed by atoms with van der Waals surface area (Å²) >= 11 is 16.7. The monoisotopic (exact) mass is 266 g/mol. The SMILES string of the molecule is Cc1ccc(OCC=C(Cl)Cl)c(Cl)c1O. The summed E-state index contributed by atoms with van der Waals surface area (Å²) in [5, 5.41) is 9.71. The summed E-state index contributed by atoms with van der Waals surface area (Å²) in [7, 11) is 0. The highest BCUT2D eigenvalue weighted by Gasteiger charge is 2.08. The predicted molar refractivity (Wildman–Crippen MR) is 63.1 cm³/mol. The first-order valence-corrected chi connectivity index (χ1v) is 5.27. The lowest BCUT2D eigenvalue weighted by molar-refractivity contribution is 0.359. The van der Waals surface area contributed by atoms with E-state index in [2.05, 4.69) is 0 Å². The standard InChI is InChI=1S/C10H9Cl3O2/c1-6-2-3-7(9(13)10(6)14)15-5-4-8(11)12/h2-4,14H,5H2,1H3. The Morgan fingerprint density at radius 1 is 1.47 bits per heavy atom. The number of benzene rings is 1. The largest absolute Gasteiger partial charge is 0.506 e. The van der Waals surface area contributed by atoms with Crippen LogP contribution in [-0.4, -0.2) is 11.7 Å². The van der Waals surface area contributed by atoms with Gasteiger partial charge in [0.05, 0.1) is 0 Å². The molecule has 0 saturated carbocycles. The summed E-state index contributed by atoms with van der Waals surface area (Å²) in [6.45, 7) is 1.95. The third-order valence-corrected chi connectivity index (χ3v) is 2.43. The lowest BCUT2D eigenvalue weighted by Crippen LogP contribution is -1.94. The summed E-state index contributed by atoms with van der Waals surface area (Å²) in [5.41, 5.74) is 0.693. The first kappa shape index (κ1) is 12.5. The van der Waals surface area contributed by atoms with Gasteiger partial charge >= 0.3 is 0 Å². The Hall–Kier alpha value is -0.570. The van der Waals surface area contributed by atoms with Crippen molar-refractivity contribution >= 4 is 34.8 Å². The van der Waals surface area contributed by atoms with Gasteiger partial charge in [-0.15, -0.1) is 0 Å². The van der Waals surface area contributed by atoms with Crippen LogP contribution < -0.4 is 4.74 Å². The molecule has 0 aliphatic carbocycles. The van der Waals surface area contributed by atoms with E-state index in [1.54, 1.807) is 19.1 Å². The van der Waals surface area contributed by atoms with Crippen LogP contribution in [0.5, 0.6) is 11.5 Å². The lowest BCUT2D eigenvalue weighted by atomic mass is 10.2. The summed E-state index contributed by atoms with van der Waals surface area (Å²) < 4.78 is 5.37. The maximum absolute atomic E-state index is 9.52. The summed E-state index contributed by atoms with van der Waals surface area (Å²) in [4.78, 5) is 0. The van der Waals surface area contributed by atoms with Crippen molar-refractivity contribution in [3.63, 3.8) is 0 Å². The minimum atomic E-state index is 0.0233. The van der Waals surface area contributed by atoms with E-state index in [0.717, 1.165) is 0 Å². The Morgan fingerprint density at radius 3 is 2.73 bits per heavy atom. The normalized spacial score (nSPS) is 9.87. The Morgan fingerprint density at radius 2 is 2.13 bits per heavy atom. The number of halogens is 3. The number of phenolic OH excluding ortho intramolecular Hbond substituents is 1. The number of hydrogen-bond acceptors (Lipinski definition) is 2. The average Bonchev–Trinajstić information content (AvgIpc) is 2.18. The number of phenols is 1. The Bertz CT molecular complexity index is 384. The van der Waals surface area contributed by atoms with E-state index in [0.29, 0.717) is 11.3 Å². The van der Waals surface area contributed by atoms with E-state index in [-0.39, 0.29) is 21.9 Å². The number of ether oxygens (including phenoxy) is 1. The van der Waals surface area contributed by atoms with Crippen LogP contribution in [0.4, 0.5) is 0 Å². The Kier molecular flexibility index (Phi) is 4.58. The van der Waals surface area contributed by atoms with Crippen molar-refractivity contribution < 1.29 is 9.84 Å². The van der Waals surface area contributed by atoms with Crippen LogP contribution in [0.25, 0.3) is 0 Å². The maximum atomic E-state index is 9.52. The van der Waals surface area contributed by atoms with E-state index < -0.39 is 0 Å². The minimum Gasteiger partial charge on any atom is -0.506 e. The molecule has 0 aliphatic heterocycles. The average molecular weight is 268 g/mol. The molecule has 0 fully saturated rings. The van der Waals surface area contributed by atoms with Gasteiger partial charge in [-0.2, -0.15) is 0 Å². The topological polar surface area (TPSA) is 29.5 Å². The molecule has 0 amide bonds. The molecular weight excluding hydrogens is 258 g/mol. The number of aryl methyl sites for hydroxylation is 1. The second-order valence-electron chi connectivity index (χ2n) is 2.85. The quantitative estimate of drug-likeness (QED) is 0.895. The first-order chi connectivity index (χ1) is 7.02. The second kappa shape index (κ2) is 5.50. The van der Waals surface area contributed by atoms with Crippen LogP contribution in [0, 0.1) is 6.92 Å². The van der Waals surface area contributed by atoms with Crippen LogP contribution >= 0.6 is 34.8 Å². The van der Waals surface area contributed by atoms with Gasteiger partial charge in [0.1, 0.15) is 27.6 Å². The van der Waals surface area contributed by atoms with Crippen molar-refractivity contribution in [1.29, 1.82) is 0 Å². The highest BCUT2D eigenvalue weighted by molar-refractivity contribution is 6.55. The fraction of sp³-hybridized carbons (Fsp3) is 0.200. The molecule has 0 unspecified atom stereocenters. The Balaban J connectivity index is 2.79. The van der Waals surface area contributed by atoms with Crippen LogP contribution in [0.1, 0.15) is 5.56 Å². The van der Waals surface area contributed by atoms with E-state index in [1.807, 2.05) is 0 Å². The van der Waals surface area contributed by atoms with Gasteiger partial charge in [0.25, 0.3) is 0 Å². The molecule has 1 rings (SSSR count). The lowest BCUT2D eigenvalue weighted by Gasteiger charge is -2.08. The molecule has 0 atom stereocenters. The number of aromatic hydroxyl groups is 1. The zero-order valence-electron chi connectivity index (χ0n) is 7.93. The van der Waals surface area contributed by atoms with Gasteiger partial charge < -0.3 is 9.84 Å². The molecule has 0 aliphatic rings. The molecule has 0 bridgehead atoms. The molecule has 0 aromatic heterocycles. The van der Waals surface area contributed by atoms with Gasteiger partial charge in [-0.25, -0.2) is 0 Å². The van der Waals surface area contributed by atoms with E-state index >= 15 is 0 Å². The van der Waals surface area contributed by atoms with Crippen molar-refractivity contribution in [2.45, 2.75) is 6.92 Å². The van der Waals surface area contributed by atoms with Crippen molar-refractivity contribution in [1.82, 2.24) is 0 Å². The zero-order valence-corrected chi connectivity index (χ0v) is 10.2. The third kappa shape index (κ3) is 3.49. The number of hydrogen-bond donors (Lipinski definition) is 1. The molecule has 0 radical (unpaired) electrons. The smallest absolute Gasteiger partial charge is 0.142 e. The predicted octanol–water partition coefficient (Wildman–Crippen LogP) is 4.05. The Labute approximate surface area is 103 Å². The fourth-order valence-corrected chi connectivity index (χ4v) is 1.34. The van der Waals surface area contributed by atoms with Crippen LogP contribution in [0.3, 0.4) is 0 Å². The summed E-state index contributed by atoms with van der Waals surface area (Å²) in [5.74, 6) is 0.417. The maximum Gasteiger partial charge on any atom is 0.142 e. The molecule has 15 heavy (non-hydrogen) atoms. The molecule has 1 aromatic carbocycles. The van der Waals surface area contributed by atoms with Crippen molar-refractivity contribution in [2.75, 3.05) is 6.61 Å². The van der Waals surface area contributed by atoms with E-state index in [9.17, 15) is 5.11 Å². The highest BCUT2D eigenvalue weighted by atomic mass is 35.5. The number of rotatable bonds is 3. The minimum absolute atomic E-state index is 0.0233. The molecule has 0 heterocycles. The summed E-state index contributed by atoms with van der Waals surface area (Å²) in [6, 6.07) is 3.38. The van der Waals surface area contributed by atoms with Gasteiger partial charge in [-0.3, -0.25) is 0 Å².